The van der Waals surface area contributed by atoms with Crippen LogP contribution >= 0.6 is 0 Å². The van der Waals surface area contributed by atoms with Gasteiger partial charge in [-0.05, 0) is 25.0 Å². The molecule has 0 unspecified atom stereocenters. The molecule has 0 atom stereocenters. The maximum absolute atomic E-state index is 5.37. The van der Waals surface area contributed by atoms with Gasteiger partial charge in [-0.25, -0.2) is 0 Å². The molecule has 3 heterocycles. The molecule has 0 N–H and O–H groups in total. The Labute approximate surface area is 99.4 Å². The van der Waals surface area contributed by atoms with Crippen molar-refractivity contribution in [2.45, 2.75) is 18.8 Å². The fourth-order valence-corrected chi connectivity index (χ4v) is 2.24. The van der Waals surface area contributed by atoms with E-state index in [1.54, 1.807) is 7.11 Å². The minimum absolute atomic E-state index is 0.436. The van der Waals surface area contributed by atoms with Crippen LogP contribution in [0.2, 0.25) is 0 Å². The summed E-state index contributed by atoms with van der Waals surface area (Å²) in [5, 5.41) is 8.48. The van der Waals surface area contributed by atoms with Crippen molar-refractivity contribution in [3.05, 3.63) is 24.2 Å². The second-order valence-electron chi connectivity index (χ2n) is 4.24. The zero-order chi connectivity index (χ0) is 11.7. The summed E-state index contributed by atoms with van der Waals surface area (Å²) in [5.74, 6) is 2.28. The van der Waals surface area contributed by atoms with Crippen LogP contribution in [0.5, 0.6) is 5.75 Å². The van der Waals surface area contributed by atoms with Crippen LogP contribution in [0.3, 0.4) is 0 Å². The highest BCUT2D eigenvalue weighted by molar-refractivity contribution is 5.41. The number of pyridine rings is 1. The van der Waals surface area contributed by atoms with Crippen molar-refractivity contribution in [2.24, 2.45) is 0 Å². The molecule has 2 aromatic rings. The molecule has 90 valence electrons. The number of methoxy groups -OCH3 is 1. The molecular weight excluding hydrogens is 218 g/mol. The number of hydrogen-bond acceptors (Lipinski definition) is 4. The van der Waals surface area contributed by atoms with Gasteiger partial charge < -0.3 is 9.47 Å². The number of rotatable bonds is 2. The van der Waals surface area contributed by atoms with Crippen LogP contribution in [0, 0.1) is 0 Å². The lowest BCUT2D eigenvalue weighted by Crippen LogP contribution is -2.16. The molecule has 0 bridgehead atoms. The highest BCUT2D eigenvalue weighted by Gasteiger charge is 2.21. The van der Waals surface area contributed by atoms with Crippen LogP contribution < -0.4 is 4.74 Å². The number of ether oxygens (including phenoxy) is 2. The van der Waals surface area contributed by atoms with Crippen molar-refractivity contribution >= 4 is 5.65 Å². The average Bonchev–Trinajstić information content (AvgIpc) is 2.82. The molecule has 1 fully saturated rings. The molecule has 0 amide bonds. The van der Waals surface area contributed by atoms with Gasteiger partial charge in [0.05, 0.1) is 13.3 Å². The summed E-state index contributed by atoms with van der Waals surface area (Å²) in [6.07, 6.45) is 3.97. The van der Waals surface area contributed by atoms with Gasteiger partial charge >= 0.3 is 0 Å². The molecule has 0 radical (unpaired) electrons. The number of fused-ring (bicyclic) bond motifs is 1. The summed E-state index contributed by atoms with van der Waals surface area (Å²) < 4.78 is 12.6. The van der Waals surface area contributed by atoms with Gasteiger partial charge in [-0.3, -0.25) is 4.40 Å². The molecule has 0 saturated carbocycles. The Morgan fingerprint density at radius 1 is 1.29 bits per heavy atom. The van der Waals surface area contributed by atoms with E-state index < -0.39 is 0 Å². The van der Waals surface area contributed by atoms with E-state index in [4.69, 9.17) is 9.47 Å². The number of aromatic nitrogens is 3. The van der Waals surface area contributed by atoms with E-state index in [2.05, 4.69) is 10.2 Å². The largest absolute Gasteiger partial charge is 0.495 e. The molecule has 0 spiro atoms. The van der Waals surface area contributed by atoms with E-state index in [9.17, 15) is 0 Å². The van der Waals surface area contributed by atoms with Crippen LogP contribution in [-0.2, 0) is 4.74 Å². The lowest BCUT2D eigenvalue weighted by Gasteiger charge is -2.20. The second-order valence-corrected chi connectivity index (χ2v) is 4.24. The highest BCUT2D eigenvalue weighted by atomic mass is 16.5. The van der Waals surface area contributed by atoms with E-state index in [1.807, 2.05) is 22.7 Å². The number of nitrogens with zero attached hydrogens (tertiary/aromatic N) is 3. The van der Waals surface area contributed by atoms with E-state index in [-0.39, 0.29) is 0 Å². The quantitative estimate of drug-likeness (QED) is 0.791. The standard InChI is InChI=1S/C12H15N3O2/c1-16-10-2-3-11-13-14-12(15(11)8-10)9-4-6-17-7-5-9/h2-3,8-9H,4-7H2,1H3. The van der Waals surface area contributed by atoms with Crippen LogP contribution in [0.1, 0.15) is 24.6 Å². The van der Waals surface area contributed by atoms with Crippen molar-refractivity contribution in [3.63, 3.8) is 0 Å². The molecule has 17 heavy (non-hydrogen) atoms. The Bertz CT molecular complexity index is 517. The molecule has 1 aliphatic heterocycles. The zero-order valence-electron chi connectivity index (χ0n) is 9.80. The van der Waals surface area contributed by atoms with Gasteiger partial charge in [0.1, 0.15) is 11.6 Å². The molecule has 0 aliphatic carbocycles. The number of hydrogen-bond donors (Lipinski definition) is 0. The van der Waals surface area contributed by atoms with Gasteiger partial charge in [0.15, 0.2) is 5.65 Å². The molecule has 0 aromatic carbocycles. The summed E-state index contributed by atoms with van der Waals surface area (Å²) in [7, 11) is 1.67. The summed E-state index contributed by atoms with van der Waals surface area (Å²) in [6.45, 7) is 1.62. The maximum Gasteiger partial charge on any atom is 0.161 e. The average molecular weight is 233 g/mol. The Kier molecular flexibility index (Phi) is 2.68. The third kappa shape index (κ3) is 1.86. The normalized spacial score (nSPS) is 17.5. The van der Waals surface area contributed by atoms with Crippen LogP contribution in [0.15, 0.2) is 18.3 Å². The molecule has 5 nitrogen and oxygen atoms in total. The predicted molar refractivity (Wildman–Crippen MR) is 62.3 cm³/mol. The Hall–Kier alpha value is -1.62. The molecular formula is C12H15N3O2. The maximum atomic E-state index is 5.37. The van der Waals surface area contributed by atoms with E-state index in [0.717, 1.165) is 43.3 Å². The zero-order valence-corrected chi connectivity index (χ0v) is 9.80. The summed E-state index contributed by atoms with van der Waals surface area (Å²) in [4.78, 5) is 0. The minimum atomic E-state index is 0.436. The minimum Gasteiger partial charge on any atom is -0.495 e. The summed E-state index contributed by atoms with van der Waals surface area (Å²) in [6, 6.07) is 3.83. The van der Waals surface area contributed by atoms with Gasteiger partial charge in [-0.1, -0.05) is 0 Å². The monoisotopic (exact) mass is 233 g/mol. The van der Waals surface area contributed by atoms with Crippen LogP contribution in [0.4, 0.5) is 0 Å². The molecule has 5 heteroatoms. The first kappa shape index (κ1) is 10.5. The first-order valence-electron chi connectivity index (χ1n) is 5.85. The van der Waals surface area contributed by atoms with Gasteiger partial charge in [0, 0.05) is 19.1 Å². The van der Waals surface area contributed by atoms with E-state index in [1.165, 1.54) is 0 Å². The fourth-order valence-electron chi connectivity index (χ4n) is 2.24. The second kappa shape index (κ2) is 4.33. The fraction of sp³-hybridized carbons (Fsp3) is 0.500. The third-order valence-corrected chi connectivity index (χ3v) is 3.22. The summed E-state index contributed by atoms with van der Waals surface area (Å²) in [5.41, 5.74) is 0.868. The van der Waals surface area contributed by atoms with Gasteiger partial charge in [-0.15, -0.1) is 10.2 Å². The van der Waals surface area contributed by atoms with Gasteiger partial charge in [0.2, 0.25) is 0 Å². The van der Waals surface area contributed by atoms with Crippen molar-refractivity contribution in [3.8, 4) is 5.75 Å². The highest BCUT2D eigenvalue weighted by Crippen LogP contribution is 2.26. The molecule has 1 aliphatic rings. The SMILES string of the molecule is COc1ccc2nnc(C3CCOCC3)n2c1. The Balaban J connectivity index is 2.02. The van der Waals surface area contributed by atoms with Crippen molar-refractivity contribution < 1.29 is 9.47 Å². The third-order valence-electron chi connectivity index (χ3n) is 3.22. The first-order valence-corrected chi connectivity index (χ1v) is 5.85. The first-order chi connectivity index (χ1) is 8.38. The van der Waals surface area contributed by atoms with E-state index in [0.29, 0.717) is 5.92 Å². The van der Waals surface area contributed by atoms with Gasteiger partial charge in [-0.2, -0.15) is 0 Å². The van der Waals surface area contributed by atoms with Crippen LogP contribution in [0.25, 0.3) is 5.65 Å². The Morgan fingerprint density at radius 3 is 2.88 bits per heavy atom. The molecule has 2 aromatic heterocycles. The molecule has 3 rings (SSSR count). The van der Waals surface area contributed by atoms with E-state index >= 15 is 0 Å². The topological polar surface area (TPSA) is 48.7 Å². The predicted octanol–water partition coefficient (Wildman–Crippen LogP) is 1.63. The summed E-state index contributed by atoms with van der Waals surface area (Å²) >= 11 is 0. The van der Waals surface area contributed by atoms with Crippen LogP contribution in [-0.4, -0.2) is 34.9 Å². The lowest BCUT2D eigenvalue weighted by molar-refractivity contribution is 0.0834. The smallest absolute Gasteiger partial charge is 0.161 e. The van der Waals surface area contributed by atoms with Crippen molar-refractivity contribution in [1.82, 2.24) is 14.6 Å². The van der Waals surface area contributed by atoms with Gasteiger partial charge in [0.25, 0.3) is 0 Å². The van der Waals surface area contributed by atoms with Crippen molar-refractivity contribution in [1.29, 1.82) is 0 Å². The Morgan fingerprint density at radius 2 is 2.12 bits per heavy atom. The van der Waals surface area contributed by atoms with Crippen molar-refractivity contribution in [2.75, 3.05) is 20.3 Å². The lowest BCUT2D eigenvalue weighted by atomic mass is 10.00. The molecule has 1 saturated heterocycles.